The van der Waals surface area contributed by atoms with E-state index >= 15 is 0 Å². The van der Waals surface area contributed by atoms with E-state index in [0.717, 1.165) is 39.7 Å². The summed E-state index contributed by atoms with van der Waals surface area (Å²) in [5.41, 5.74) is 10.6. The lowest BCUT2D eigenvalue weighted by Gasteiger charge is -2.54. The quantitative estimate of drug-likeness (QED) is 0.0736. The first-order chi connectivity index (χ1) is 32.7. The third-order valence-corrected chi connectivity index (χ3v) is 14.7. The van der Waals surface area contributed by atoms with Gasteiger partial charge in [0.05, 0.1) is 0 Å². The van der Waals surface area contributed by atoms with Crippen molar-refractivity contribution < 1.29 is 44.1 Å². The summed E-state index contributed by atoms with van der Waals surface area (Å²) in [5.74, 6) is -0.796. The van der Waals surface area contributed by atoms with Crippen LogP contribution in [0, 0.1) is 23.7 Å². The molecule has 0 spiro atoms. The van der Waals surface area contributed by atoms with Gasteiger partial charge in [-0.05, 0) is 159 Å². The molecule has 9 rings (SSSR count). The number of carboxylic acid groups (broad SMARTS) is 1. The van der Waals surface area contributed by atoms with Crippen molar-refractivity contribution in [3.63, 3.8) is 0 Å². The standard InChI is InChI=1S/C53H62N6O9/c1-29-49(63)58-43(53(67)68)27-30-6-16-44(60)40(26-30)41-28-37(15-17-45(41)61)48(51(65)56-29)59(2)52(66)42(5-3-4-19-54)57-46(62)18-20-55-50(64)36-13-9-34(10-14-36)33-7-11-35(12-8-33)47-38-22-31-21-32(24-38)25-39(47)23-31/h6-17,26,28-29,31-32,38-39,42-43,47-48,60-61H,3-5,18-25,27,54H2,1-2H3,(H,55,64)(H,56,65)(H,57,62)(H,58,63)(H,67,68)/t29-,31?,32?,38?,39?,42-,43-,47?,48-/m0/s1. The van der Waals surface area contributed by atoms with Crippen molar-refractivity contribution >= 4 is 35.5 Å². The molecule has 15 nitrogen and oxygen atoms in total. The van der Waals surface area contributed by atoms with Crippen molar-refractivity contribution in [1.82, 2.24) is 26.2 Å². The number of fused-ring (bicyclic) bond motifs is 5. The summed E-state index contributed by atoms with van der Waals surface area (Å²) in [4.78, 5) is 81.9. The highest BCUT2D eigenvalue weighted by molar-refractivity contribution is 5.97. The third-order valence-electron chi connectivity index (χ3n) is 14.7. The minimum Gasteiger partial charge on any atom is -0.507 e. The van der Waals surface area contributed by atoms with Crippen LogP contribution in [0.1, 0.15) is 104 Å². The Bertz CT molecular complexity index is 2520. The van der Waals surface area contributed by atoms with Gasteiger partial charge < -0.3 is 47.2 Å². The van der Waals surface area contributed by atoms with Gasteiger partial charge in [0.25, 0.3) is 5.91 Å². The molecule has 4 aromatic carbocycles. The van der Waals surface area contributed by atoms with Gasteiger partial charge in [0.15, 0.2) is 0 Å². The number of carbonyl (C=O) groups is 6. The minimum atomic E-state index is -1.44. The molecule has 4 saturated carbocycles. The normalized spacial score (nSPS) is 24.5. The first-order valence-corrected chi connectivity index (χ1v) is 23.9. The number of likely N-dealkylation sites (N-methyl/N-ethyl adjacent to an activating group) is 1. The number of carboxylic acids is 1. The van der Waals surface area contributed by atoms with Crippen molar-refractivity contribution in [2.24, 2.45) is 29.4 Å². The van der Waals surface area contributed by atoms with E-state index in [0.29, 0.717) is 36.4 Å². The summed E-state index contributed by atoms with van der Waals surface area (Å²) in [5, 5.41) is 42.5. The minimum absolute atomic E-state index is 0.0177. The molecule has 0 aromatic heterocycles. The molecule has 4 fully saturated rings. The van der Waals surface area contributed by atoms with Crippen molar-refractivity contribution in [2.45, 2.75) is 101 Å². The van der Waals surface area contributed by atoms with Gasteiger partial charge >= 0.3 is 5.97 Å². The number of hydrogen-bond acceptors (Lipinski definition) is 9. The predicted molar refractivity (Wildman–Crippen MR) is 255 cm³/mol. The fourth-order valence-electron chi connectivity index (χ4n) is 11.5. The molecule has 4 aliphatic carbocycles. The number of nitrogens with one attached hydrogen (secondary N) is 4. The van der Waals surface area contributed by atoms with Gasteiger partial charge in [-0.3, -0.25) is 24.0 Å². The Kier molecular flexibility index (Phi) is 14.5. The Hall–Kier alpha value is -6.74. The molecule has 1 heterocycles. The summed E-state index contributed by atoms with van der Waals surface area (Å²) in [6.45, 7) is 1.70. The van der Waals surface area contributed by atoms with Crippen LogP contribution in [0.25, 0.3) is 22.3 Å². The number of carbonyl (C=O) groups excluding carboxylic acids is 5. The molecular weight excluding hydrogens is 865 g/mol. The zero-order valence-electron chi connectivity index (χ0n) is 38.6. The molecule has 8 bridgehead atoms. The lowest BCUT2D eigenvalue weighted by molar-refractivity contribution is -0.144. The van der Waals surface area contributed by atoms with Crippen LogP contribution in [0.5, 0.6) is 11.5 Å². The SMILES string of the molecule is C[C@@H]1NC(=O)[C@@H](N(C)C(=O)[C@H](CCCCN)NC(=O)CCNC(=O)c2ccc(-c3ccc(C4C5CC6CC(C5)CC4C6)cc3)cc2)c2ccc(O)c(c2)-c2cc(ccc2O)C[C@@H](C(=O)O)NC1=O. The van der Waals surface area contributed by atoms with Crippen LogP contribution in [0.15, 0.2) is 84.9 Å². The van der Waals surface area contributed by atoms with Crippen LogP contribution < -0.4 is 27.0 Å². The van der Waals surface area contributed by atoms with E-state index < -0.39 is 53.8 Å². The van der Waals surface area contributed by atoms with Crippen molar-refractivity contribution in [3.8, 4) is 33.8 Å². The van der Waals surface area contributed by atoms with E-state index in [4.69, 9.17) is 5.73 Å². The van der Waals surface area contributed by atoms with Crippen LogP contribution in [0.4, 0.5) is 0 Å². The monoisotopic (exact) mass is 926 g/mol. The first-order valence-electron chi connectivity index (χ1n) is 23.9. The Morgan fingerprint density at radius 1 is 0.765 bits per heavy atom. The number of unbranched alkanes of at least 4 members (excludes halogenated alkanes) is 1. The maximum atomic E-state index is 14.5. The highest BCUT2D eigenvalue weighted by Gasteiger charge is 2.48. The first kappa shape index (κ1) is 47.7. The molecule has 5 aliphatic rings. The second kappa shape index (κ2) is 20.6. The molecule has 0 saturated heterocycles. The van der Waals surface area contributed by atoms with Gasteiger partial charge in [-0.15, -0.1) is 0 Å². The molecule has 15 heteroatoms. The number of aromatic hydroxyl groups is 2. The number of aliphatic carboxylic acids is 1. The summed E-state index contributed by atoms with van der Waals surface area (Å²) in [6, 6.07) is 19.6. The van der Waals surface area contributed by atoms with Crippen molar-refractivity contribution in [2.75, 3.05) is 20.1 Å². The summed E-state index contributed by atoms with van der Waals surface area (Å²) < 4.78 is 0. The molecule has 358 valence electrons. The maximum absolute atomic E-state index is 14.5. The van der Waals surface area contributed by atoms with Crippen molar-refractivity contribution in [1.29, 1.82) is 0 Å². The van der Waals surface area contributed by atoms with Crippen LogP contribution in [0.2, 0.25) is 0 Å². The summed E-state index contributed by atoms with van der Waals surface area (Å²) in [7, 11) is 1.37. The predicted octanol–water partition coefficient (Wildman–Crippen LogP) is 5.54. The number of phenolic OH excluding ortho intramolecular Hbond substituents is 2. The van der Waals surface area contributed by atoms with Gasteiger partial charge in [-0.1, -0.05) is 48.5 Å². The number of hydrogen-bond donors (Lipinski definition) is 8. The molecule has 5 amide bonds. The lowest BCUT2D eigenvalue weighted by atomic mass is 9.51. The van der Waals surface area contributed by atoms with Gasteiger partial charge in [0, 0.05) is 43.1 Å². The average Bonchev–Trinajstić information content (AvgIpc) is 3.31. The third kappa shape index (κ3) is 10.5. The van der Waals surface area contributed by atoms with Crippen LogP contribution >= 0.6 is 0 Å². The number of rotatable bonds is 14. The largest absolute Gasteiger partial charge is 0.507 e. The topological polar surface area (TPSA) is 240 Å². The number of nitrogens with zero attached hydrogens (tertiary/aromatic N) is 1. The molecule has 68 heavy (non-hydrogen) atoms. The smallest absolute Gasteiger partial charge is 0.326 e. The highest BCUT2D eigenvalue weighted by atomic mass is 16.4. The molecule has 0 unspecified atom stereocenters. The van der Waals surface area contributed by atoms with E-state index in [1.54, 1.807) is 12.1 Å². The van der Waals surface area contributed by atoms with Crippen molar-refractivity contribution in [3.05, 3.63) is 107 Å². The van der Waals surface area contributed by atoms with Crippen LogP contribution in [-0.4, -0.2) is 94.0 Å². The number of benzene rings is 4. The number of phenols is 2. The van der Waals surface area contributed by atoms with Crippen LogP contribution in [0.3, 0.4) is 0 Å². The molecule has 1 aliphatic heterocycles. The van der Waals surface area contributed by atoms with E-state index in [2.05, 4.69) is 45.5 Å². The van der Waals surface area contributed by atoms with Gasteiger partial charge in [0.1, 0.15) is 35.7 Å². The fourth-order valence-corrected chi connectivity index (χ4v) is 11.5. The highest BCUT2D eigenvalue weighted by Crippen LogP contribution is 2.59. The Balaban J connectivity index is 0.924. The Morgan fingerprint density at radius 3 is 2.00 bits per heavy atom. The lowest BCUT2D eigenvalue weighted by Crippen LogP contribution is -2.54. The fraction of sp³-hybridized carbons (Fsp3) is 0.434. The zero-order chi connectivity index (χ0) is 48.2. The maximum Gasteiger partial charge on any atom is 0.326 e. The van der Waals surface area contributed by atoms with Crippen LogP contribution in [-0.2, 0) is 30.4 Å². The van der Waals surface area contributed by atoms with E-state index in [1.165, 1.54) is 88.0 Å². The molecule has 0 radical (unpaired) electrons. The van der Waals surface area contributed by atoms with Gasteiger partial charge in [-0.25, -0.2) is 4.79 Å². The van der Waals surface area contributed by atoms with Gasteiger partial charge in [-0.2, -0.15) is 0 Å². The average molecular weight is 927 g/mol. The number of nitrogens with two attached hydrogens (primary N) is 1. The van der Waals surface area contributed by atoms with E-state index in [1.807, 2.05) is 12.1 Å². The van der Waals surface area contributed by atoms with E-state index in [9.17, 15) is 44.1 Å². The van der Waals surface area contributed by atoms with E-state index in [-0.39, 0.29) is 59.9 Å². The molecule has 4 aromatic rings. The molecule has 9 N–H and O–H groups in total. The zero-order valence-corrected chi connectivity index (χ0v) is 38.6. The second-order valence-corrected chi connectivity index (χ2v) is 19.4. The molecular formula is C53H62N6O9. The Labute approximate surface area is 396 Å². The Morgan fingerprint density at radius 2 is 1.37 bits per heavy atom. The molecule has 4 atom stereocenters. The second-order valence-electron chi connectivity index (χ2n) is 19.4. The summed E-state index contributed by atoms with van der Waals surface area (Å²) >= 11 is 0. The van der Waals surface area contributed by atoms with Gasteiger partial charge in [0.2, 0.25) is 23.6 Å². The number of amides is 5. The summed E-state index contributed by atoms with van der Waals surface area (Å²) in [6.07, 6.45) is 7.80.